The molecular weight excluding hydrogens is 388 g/mol. The van der Waals surface area contributed by atoms with Crippen LogP contribution in [0.15, 0.2) is 0 Å². The van der Waals surface area contributed by atoms with Gasteiger partial charge in [0.2, 0.25) is 0 Å². The van der Waals surface area contributed by atoms with Gasteiger partial charge in [-0.15, -0.1) is 0 Å². The maximum atomic E-state index is 12.0. The minimum absolute atomic E-state index is 0.0113. The third-order valence-corrected chi connectivity index (χ3v) is 6.05. The highest BCUT2D eigenvalue weighted by atomic mass is 16.5. The van der Waals surface area contributed by atoms with Crippen molar-refractivity contribution in [2.24, 2.45) is 5.92 Å². The van der Waals surface area contributed by atoms with Crippen LogP contribution in [0.1, 0.15) is 143 Å². The van der Waals surface area contributed by atoms with Crippen LogP contribution >= 0.6 is 0 Å². The van der Waals surface area contributed by atoms with Gasteiger partial charge in [0.25, 0.3) is 0 Å². The van der Waals surface area contributed by atoms with Crippen LogP contribution in [0.3, 0.4) is 0 Å². The molecule has 0 heterocycles. The van der Waals surface area contributed by atoms with E-state index in [1.54, 1.807) is 0 Å². The SMILES string of the molecule is CCCCCCOC(=O)CCCCCCCCCC(CC)CC(=O)OCCCCCC. The molecule has 4 nitrogen and oxygen atoms in total. The van der Waals surface area contributed by atoms with Gasteiger partial charge in [-0.05, 0) is 31.6 Å². The van der Waals surface area contributed by atoms with Crippen LogP contribution in [-0.4, -0.2) is 25.2 Å². The molecule has 0 aromatic rings. The molecule has 184 valence electrons. The highest BCUT2D eigenvalue weighted by molar-refractivity contribution is 5.69. The first-order valence-electron chi connectivity index (χ1n) is 13.4. The first-order valence-corrected chi connectivity index (χ1v) is 13.4. The Labute approximate surface area is 193 Å². The Morgan fingerprint density at radius 1 is 0.581 bits per heavy atom. The van der Waals surface area contributed by atoms with Crippen LogP contribution in [0.4, 0.5) is 0 Å². The standard InChI is InChI=1S/C27H52O4/c1-4-7-9-18-22-30-26(28)21-17-15-13-11-12-14-16-20-25(6-3)24-27(29)31-23-19-10-8-5-2/h25H,4-24H2,1-3H3. The molecule has 0 aromatic heterocycles. The van der Waals surface area contributed by atoms with Gasteiger partial charge < -0.3 is 9.47 Å². The Balaban J connectivity index is 3.49. The third-order valence-electron chi connectivity index (χ3n) is 6.05. The monoisotopic (exact) mass is 440 g/mol. The van der Waals surface area contributed by atoms with Crippen molar-refractivity contribution in [3.63, 3.8) is 0 Å². The van der Waals surface area contributed by atoms with Crippen molar-refractivity contribution in [2.75, 3.05) is 13.2 Å². The van der Waals surface area contributed by atoms with Crippen molar-refractivity contribution in [3.8, 4) is 0 Å². The molecule has 1 unspecified atom stereocenters. The summed E-state index contributed by atoms with van der Waals surface area (Å²) in [5.74, 6) is 0.431. The molecule has 0 fully saturated rings. The molecule has 4 heteroatoms. The van der Waals surface area contributed by atoms with Crippen molar-refractivity contribution in [2.45, 2.75) is 143 Å². The maximum absolute atomic E-state index is 12.0. The second kappa shape index (κ2) is 23.6. The largest absolute Gasteiger partial charge is 0.466 e. The number of ether oxygens (including phenoxy) is 2. The quantitative estimate of drug-likeness (QED) is 0.119. The van der Waals surface area contributed by atoms with E-state index in [0.717, 1.165) is 51.4 Å². The predicted molar refractivity (Wildman–Crippen MR) is 130 cm³/mol. The Morgan fingerprint density at radius 2 is 1.06 bits per heavy atom. The fraction of sp³-hybridized carbons (Fsp3) is 0.926. The summed E-state index contributed by atoms with van der Waals surface area (Å²) in [4.78, 5) is 23.6. The fourth-order valence-corrected chi connectivity index (χ4v) is 3.83. The molecule has 0 aliphatic rings. The molecule has 31 heavy (non-hydrogen) atoms. The Morgan fingerprint density at radius 3 is 1.61 bits per heavy atom. The molecule has 0 spiro atoms. The summed E-state index contributed by atoms with van der Waals surface area (Å²) in [5, 5.41) is 0. The summed E-state index contributed by atoms with van der Waals surface area (Å²) < 4.78 is 10.7. The Hall–Kier alpha value is -1.06. The minimum Gasteiger partial charge on any atom is -0.466 e. The van der Waals surface area contributed by atoms with Gasteiger partial charge in [0.1, 0.15) is 0 Å². The number of hydrogen-bond donors (Lipinski definition) is 0. The normalized spacial score (nSPS) is 12.0. The summed E-state index contributed by atoms with van der Waals surface area (Å²) in [6, 6.07) is 0. The van der Waals surface area contributed by atoms with Gasteiger partial charge in [0, 0.05) is 12.8 Å². The molecule has 0 radical (unpaired) electrons. The number of esters is 2. The van der Waals surface area contributed by atoms with E-state index in [-0.39, 0.29) is 11.9 Å². The lowest BCUT2D eigenvalue weighted by molar-refractivity contribution is -0.145. The number of carbonyl (C=O) groups is 2. The van der Waals surface area contributed by atoms with E-state index in [0.29, 0.717) is 32.0 Å². The summed E-state index contributed by atoms with van der Waals surface area (Å²) in [6.45, 7) is 7.73. The van der Waals surface area contributed by atoms with Gasteiger partial charge in [0.05, 0.1) is 13.2 Å². The lowest BCUT2D eigenvalue weighted by atomic mass is 9.95. The molecule has 1 atom stereocenters. The predicted octanol–water partition coefficient (Wildman–Crippen LogP) is 8.16. The molecule has 0 aliphatic carbocycles. The van der Waals surface area contributed by atoms with E-state index in [4.69, 9.17) is 9.47 Å². The average Bonchev–Trinajstić information content (AvgIpc) is 2.76. The third kappa shape index (κ3) is 21.9. The zero-order valence-electron chi connectivity index (χ0n) is 21.1. The number of unbranched alkanes of at least 4 members (excludes halogenated alkanes) is 12. The highest BCUT2D eigenvalue weighted by Gasteiger charge is 2.13. The van der Waals surface area contributed by atoms with Crippen molar-refractivity contribution in [1.82, 2.24) is 0 Å². The summed E-state index contributed by atoms with van der Waals surface area (Å²) in [6.07, 6.45) is 20.7. The number of hydrogen-bond acceptors (Lipinski definition) is 4. The van der Waals surface area contributed by atoms with Gasteiger partial charge in [-0.25, -0.2) is 0 Å². The van der Waals surface area contributed by atoms with Gasteiger partial charge in [0.15, 0.2) is 0 Å². The molecule has 0 saturated heterocycles. The topological polar surface area (TPSA) is 52.6 Å². The second-order valence-corrected chi connectivity index (χ2v) is 9.05. The second-order valence-electron chi connectivity index (χ2n) is 9.05. The molecule has 0 saturated carbocycles. The number of carbonyl (C=O) groups excluding carboxylic acids is 2. The van der Waals surface area contributed by atoms with E-state index in [1.807, 2.05) is 0 Å². The zero-order chi connectivity index (χ0) is 23.0. The van der Waals surface area contributed by atoms with Gasteiger partial charge in [-0.3, -0.25) is 9.59 Å². The van der Waals surface area contributed by atoms with E-state index in [2.05, 4.69) is 20.8 Å². The molecular formula is C27H52O4. The highest BCUT2D eigenvalue weighted by Crippen LogP contribution is 2.19. The van der Waals surface area contributed by atoms with E-state index in [9.17, 15) is 9.59 Å². The van der Waals surface area contributed by atoms with Crippen LogP contribution in [0.5, 0.6) is 0 Å². The van der Waals surface area contributed by atoms with Crippen LogP contribution < -0.4 is 0 Å². The minimum atomic E-state index is -0.0263. The molecule has 0 bridgehead atoms. The van der Waals surface area contributed by atoms with E-state index in [1.165, 1.54) is 57.8 Å². The maximum Gasteiger partial charge on any atom is 0.306 e. The summed E-state index contributed by atoms with van der Waals surface area (Å²) in [7, 11) is 0. The fourth-order valence-electron chi connectivity index (χ4n) is 3.83. The van der Waals surface area contributed by atoms with Gasteiger partial charge >= 0.3 is 11.9 Å². The van der Waals surface area contributed by atoms with Crippen molar-refractivity contribution >= 4 is 11.9 Å². The van der Waals surface area contributed by atoms with E-state index < -0.39 is 0 Å². The van der Waals surface area contributed by atoms with Crippen LogP contribution in [0, 0.1) is 5.92 Å². The van der Waals surface area contributed by atoms with Gasteiger partial charge in [-0.1, -0.05) is 104 Å². The summed E-state index contributed by atoms with van der Waals surface area (Å²) in [5.41, 5.74) is 0. The van der Waals surface area contributed by atoms with Crippen molar-refractivity contribution in [1.29, 1.82) is 0 Å². The van der Waals surface area contributed by atoms with Crippen LogP contribution in [0.25, 0.3) is 0 Å². The first-order chi connectivity index (χ1) is 15.1. The molecule has 0 amide bonds. The summed E-state index contributed by atoms with van der Waals surface area (Å²) >= 11 is 0. The van der Waals surface area contributed by atoms with E-state index >= 15 is 0 Å². The zero-order valence-corrected chi connectivity index (χ0v) is 21.1. The Kier molecular flexibility index (Phi) is 22.8. The smallest absolute Gasteiger partial charge is 0.306 e. The Bertz CT molecular complexity index is 408. The van der Waals surface area contributed by atoms with Crippen LogP contribution in [-0.2, 0) is 19.1 Å². The average molecular weight is 441 g/mol. The van der Waals surface area contributed by atoms with Crippen LogP contribution in [0.2, 0.25) is 0 Å². The van der Waals surface area contributed by atoms with Gasteiger partial charge in [-0.2, -0.15) is 0 Å². The van der Waals surface area contributed by atoms with Crippen molar-refractivity contribution in [3.05, 3.63) is 0 Å². The lowest BCUT2D eigenvalue weighted by Crippen LogP contribution is -2.12. The molecule has 0 N–H and O–H groups in total. The number of rotatable bonds is 23. The molecule has 0 rings (SSSR count). The lowest BCUT2D eigenvalue weighted by Gasteiger charge is -2.14. The van der Waals surface area contributed by atoms with Crippen molar-refractivity contribution < 1.29 is 19.1 Å². The molecule has 0 aromatic carbocycles. The first kappa shape index (κ1) is 29.9. The molecule has 0 aliphatic heterocycles.